The number of carbonyl (C=O) groups is 3. The highest BCUT2D eigenvalue weighted by molar-refractivity contribution is 6.30. The lowest BCUT2D eigenvalue weighted by atomic mass is 10.1. The molecule has 0 aliphatic heterocycles. The topological polar surface area (TPSA) is 74.6 Å². The van der Waals surface area contributed by atoms with Crippen molar-refractivity contribution in [3.8, 4) is 0 Å². The molecule has 2 aromatic rings. The molecule has 0 unspecified atom stereocenters. The standard InChI is InChI=1S/C19H20ClNO5/c1-4-25-17(22)11-15-14(19(24)26-5-2)10-16(21(15)3)18(23)12-6-8-13(20)9-7-12/h6-10H,4-5,11H2,1-3H3. The summed E-state index contributed by atoms with van der Waals surface area (Å²) < 4.78 is 11.5. The fraction of sp³-hybridized carbons (Fsp3) is 0.316. The smallest absolute Gasteiger partial charge is 0.339 e. The van der Waals surface area contributed by atoms with Crippen LogP contribution in [0.2, 0.25) is 5.02 Å². The van der Waals surface area contributed by atoms with Crippen LogP contribution in [0.4, 0.5) is 0 Å². The predicted molar refractivity (Wildman–Crippen MR) is 96.6 cm³/mol. The number of hydrogen-bond acceptors (Lipinski definition) is 5. The second-order valence-electron chi connectivity index (χ2n) is 5.49. The van der Waals surface area contributed by atoms with E-state index in [1.54, 1.807) is 45.2 Å². The lowest BCUT2D eigenvalue weighted by Crippen LogP contribution is -2.16. The SMILES string of the molecule is CCOC(=O)Cc1c(C(=O)OCC)cc(C(=O)c2ccc(Cl)cc2)n1C. The number of esters is 2. The van der Waals surface area contributed by atoms with Crippen LogP contribution in [0.15, 0.2) is 30.3 Å². The third-order valence-corrected chi connectivity index (χ3v) is 4.06. The molecule has 0 saturated carbocycles. The Hall–Kier alpha value is -2.60. The molecule has 0 radical (unpaired) electrons. The fourth-order valence-corrected chi connectivity index (χ4v) is 2.68. The van der Waals surface area contributed by atoms with Crippen molar-refractivity contribution in [1.29, 1.82) is 0 Å². The lowest BCUT2D eigenvalue weighted by molar-refractivity contribution is -0.142. The van der Waals surface area contributed by atoms with Crippen molar-refractivity contribution in [3.05, 3.63) is 57.9 Å². The van der Waals surface area contributed by atoms with E-state index in [1.165, 1.54) is 10.6 Å². The summed E-state index contributed by atoms with van der Waals surface area (Å²) in [7, 11) is 1.63. The van der Waals surface area contributed by atoms with Crippen molar-refractivity contribution in [1.82, 2.24) is 4.57 Å². The van der Waals surface area contributed by atoms with Gasteiger partial charge >= 0.3 is 11.9 Å². The van der Waals surface area contributed by atoms with Gasteiger partial charge in [0.1, 0.15) is 0 Å². The zero-order chi connectivity index (χ0) is 19.3. The van der Waals surface area contributed by atoms with Crippen molar-refractivity contribution < 1.29 is 23.9 Å². The quantitative estimate of drug-likeness (QED) is 0.547. The van der Waals surface area contributed by atoms with Crippen LogP contribution in [-0.2, 0) is 27.7 Å². The molecular weight excluding hydrogens is 358 g/mol. The van der Waals surface area contributed by atoms with Crippen LogP contribution in [-0.4, -0.2) is 35.5 Å². The van der Waals surface area contributed by atoms with Crippen LogP contribution in [0.1, 0.15) is 46.0 Å². The number of benzene rings is 1. The molecule has 0 N–H and O–H groups in total. The number of nitrogens with zero attached hydrogens (tertiary/aromatic N) is 1. The van der Waals surface area contributed by atoms with Crippen LogP contribution in [0, 0.1) is 0 Å². The van der Waals surface area contributed by atoms with Gasteiger partial charge in [-0.15, -0.1) is 0 Å². The van der Waals surface area contributed by atoms with Gasteiger partial charge in [-0.2, -0.15) is 0 Å². The summed E-state index contributed by atoms with van der Waals surface area (Å²) >= 11 is 5.86. The van der Waals surface area contributed by atoms with Gasteiger partial charge in [-0.05, 0) is 44.2 Å². The van der Waals surface area contributed by atoms with E-state index in [9.17, 15) is 14.4 Å². The van der Waals surface area contributed by atoms with E-state index in [0.29, 0.717) is 16.3 Å². The highest BCUT2D eigenvalue weighted by atomic mass is 35.5. The molecule has 1 aromatic heterocycles. The van der Waals surface area contributed by atoms with Crippen LogP contribution >= 0.6 is 11.6 Å². The van der Waals surface area contributed by atoms with Crippen molar-refractivity contribution in [2.24, 2.45) is 7.05 Å². The Kier molecular flexibility index (Phi) is 6.58. The van der Waals surface area contributed by atoms with Crippen molar-refractivity contribution >= 4 is 29.3 Å². The van der Waals surface area contributed by atoms with Gasteiger partial charge in [0.15, 0.2) is 0 Å². The van der Waals surface area contributed by atoms with Crippen LogP contribution < -0.4 is 0 Å². The van der Waals surface area contributed by atoms with E-state index < -0.39 is 11.9 Å². The zero-order valence-electron chi connectivity index (χ0n) is 14.9. The molecule has 0 aliphatic carbocycles. The van der Waals surface area contributed by atoms with E-state index in [0.717, 1.165) is 0 Å². The third kappa shape index (κ3) is 4.32. The van der Waals surface area contributed by atoms with Gasteiger partial charge in [0, 0.05) is 23.3 Å². The Morgan fingerprint density at radius 3 is 2.23 bits per heavy atom. The Balaban J connectivity index is 2.46. The van der Waals surface area contributed by atoms with E-state index in [4.69, 9.17) is 21.1 Å². The maximum absolute atomic E-state index is 12.8. The summed E-state index contributed by atoms with van der Waals surface area (Å²) in [6.07, 6.45) is -0.133. The summed E-state index contributed by atoms with van der Waals surface area (Å²) in [5.41, 5.74) is 1.25. The Morgan fingerprint density at radius 2 is 1.65 bits per heavy atom. The van der Waals surface area contributed by atoms with Gasteiger partial charge in [-0.1, -0.05) is 11.6 Å². The Morgan fingerprint density at radius 1 is 1.04 bits per heavy atom. The minimum atomic E-state index is -0.586. The molecule has 0 bridgehead atoms. The lowest BCUT2D eigenvalue weighted by Gasteiger charge is -2.09. The molecule has 0 fully saturated rings. The number of carbonyl (C=O) groups excluding carboxylic acids is 3. The van der Waals surface area contributed by atoms with E-state index in [1.807, 2.05) is 0 Å². The molecule has 0 amide bonds. The Bertz CT molecular complexity index is 823. The van der Waals surface area contributed by atoms with Gasteiger partial charge in [-0.25, -0.2) is 4.79 Å². The molecule has 0 saturated heterocycles. The van der Waals surface area contributed by atoms with E-state index in [2.05, 4.69) is 0 Å². The van der Waals surface area contributed by atoms with Crippen LogP contribution in [0.3, 0.4) is 0 Å². The first-order chi connectivity index (χ1) is 12.4. The fourth-order valence-electron chi connectivity index (χ4n) is 2.56. The molecule has 0 spiro atoms. The molecular formula is C19H20ClNO5. The van der Waals surface area contributed by atoms with Crippen molar-refractivity contribution in [3.63, 3.8) is 0 Å². The maximum Gasteiger partial charge on any atom is 0.339 e. The second-order valence-corrected chi connectivity index (χ2v) is 5.92. The van der Waals surface area contributed by atoms with Crippen molar-refractivity contribution in [2.75, 3.05) is 13.2 Å². The molecule has 1 heterocycles. The van der Waals surface area contributed by atoms with Crippen LogP contribution in [0.25, 0.3) is 0 Å². The first-order valence-electron chi connectivity index (χ1n) is 8.20. The van der Waals surface area contributed by atoms with Gasteiger partial charge < -0.3 is 14.0 Å². The van der Waals surface area contributed by atoms with Crippen LogP contribution in [0.5, 0.6) is 0 Å². The minimum absolute atomic E-state index is 0.133. The minimum Gasteiger partial charge on any atom is -0.466 e. The van der Waals surface area contributed by atoms with Gasteiger partial charge in [-0.3, -0.25) is 9.59 Å². The van der Waals surface area contributed by atoms with E-state index in [-0.39, 0.29) is 36.7 Å². The first kappa shape index (κ1) is 19.7. The summed E-state index contributed by atoms with van der Waals surface area (Å²) in [6.45, 7) is 3.80. The molecule has 138 valence electrons. The maximum atomic E-state index is 12.8. The Labute approximate surface area is 156 Å². The molecule has 6 nitrogen and oxygen atoms in total. The molecule has 7 heteroatoms. The highest BCUT2D eigenvalue weighted by Crippen LogP contribution is 2.21. The van der Waals surface area contributed by atoms with Gasteiger partial charge in [0.05, 0.1) is 30.9 Å². The average molecular weight is 378 g/mol. The summed E-state index contributed by atoms with van der Waals surface area (Å²) in [5.74, 6) is -1.35. The molecule has 0 aliphatic rings. The zero-order valence-corrected chi connectivity index (χ0v) is 15.6. The molecule has 26 heavy (non-hydrogen) atoms. The van der Waals surface area contributed by atoms with Gasteiger partial charge in [0.2, 0.25) is 5.78 Å². The molecule has 1 aromatic carbocycles. The number of hydrogen-bond donors (Lipinski definition) is 0. The molecule has 2 rings (SSSR count). The van der Waals surface area contributed by atoms with Crippen molar-refractivity contribution in [2.45, 2.75) is 20.3 Å². The summed E-state index contributed by atoms with van der Waals surface area (Å²) in [6, 6.07) is 7.88. The van der Waals surface area contributed by atoms with E-state index >= 15 is 0 Å². The predicted octanol–water partition coefficient (Wildman–Crippen LogP) is 3.19. The third-order valence-electron chi connectivity index (χ3n) is 3.81. The number of ketones is 1. The number of ether oxygens (including phenoxy) is 2. The van der Waals surface area contributed by atoms with Gasteiger partial charge in [0.25, 0.3) is 0 Å². The molecule has 0 atom stereocenters. The number of rotatable bonds is 7. The normalized spacial score (nSPS) is 10.5. The highest BCUT2D eigenvalue weighted by Gasteiger charge is 2.25. The monoisotopic (exact) mass is 377 g/mol. The first-order valence-corrected chi connectivity index (χ1v) is 8.58. The second kappa shape index (κ2) is 8.67. The summed E-state index contributed by atoms with van der Waals surface area (Å²) in [5, 5.41) is 0.517. The average Bonchev–Trinajstić information content (AvgIpc) is 2.92. The summed E-state index contributed by atoms with van der Waals surface area (Å²) in [4.78, 5) is 37.0. The number of aromatic nitrogens is 1. The number of halogens is 1. The largest absolute Gasteiger partial charge is 0.466 e.